The molecule has 1 aliphatic rings. The van der Waals surface area contributed by atoms with Gasteiger partial charge in [-0.3, -0.25) is 4.79 Å². The fraction of sp³-hybridized carbons (Fsp3) is 0.500. The highest BCUT2D eigenvalue weighted by atomic mass is 16.3. The molecule has 92 valence electrons. The molecule has 2 N–H and O–H groups in total. The van der Waals surface area contributed by atoms with E-state index in [1.807, 2.05) is 0 Å². The quantitative estimate of drug-likeness (QED) is 0.843. The molecule has 1 aromatic rings. The highest BCUT2D eigenvalue weighted by Crippen LogP contribution is 2.34. The van der Waals surface area contributed by atoms with Crippen LogP contribution in [-0.4, -0.2) is 16.6 Å². The minimum absolute atomic E-state index is 0.0167. The lowest BCUT2D eigenvalue weighted by Gasteiger charge is -2.42. The maximum absolute atomic E-state index is 12.1. The summed E-state index contributed by atoms with van der Waals surface area (Å²) in [5.41, 5.74) is 1.37. The molecule has 0 aromatic heterocycles. The van der Waals surface area contributed by atoms with E-state index in [0.717, 1.165) is 24.8 Å². The van der Waals surface area contributed by atoms with Crippen LogP contribution in [0.5, 0.6) is 5.75 Å². The molecule has 0 unspecified atom stereocenters. The van der Waals surface area contributed by atoms with E-state index in [1.165, 1.54) is 6.42 Å². The molecule has 1 aromatic carbocycles. The van der Waals surface area contributed by atoms with Gasteiger partial charge in [0, 0.05) is 11.1 Å². The predicted molar refractivity (Wildman–Crippen MR) is 67.2 cm³/mol. The van der Waals surface area contributed by atoms with Gasteiger partial charge in [0.05, 0.1) is 0 Å². The van der Waals surface area contributed by atoms with Gasteiger partial charge in [0.15, 0.2) is 0 Å². The van der Waals surface area contributed by atoms with E-state index in [9.17, 15) is 9.90 Å². The Kier molecular flexibility index (Phi) is 3.09. The minimum atomic E-state index is -0.0327. The van der Waals surface area contributed by atoms with Crippen molar-refractivity contribution in [3.8, 4) is 5.75 Å². The topological polar surface area (TPSA) is 49.3 Å². The Morgan fingerprint density at radius 2 is 2.18 bits per heavy atom. The lowest BCUT2D eigenvalue weighted by atomic mass is 9.74. The zero-order valence-electron chi connectivity index (χ0n) is 10.4. The van der Waals surface area contributed by atoms with Crippen LogP contribution in [0, 0.1) is 6.92 Å². The van der Waals surface area contributed by atoms with Crippen LogP contribution in [0.1, 0.15) is 48.5 Å². The standard InChI is InChI=1S/C14H19NO2/c1-3-14(7-4-8-14)15-13(17)11-5-6-12(16)10(2)9-11/h5-6,9,16H,3-4,7-8H2,1-2H3,(H,15,17). The first-order valence-corrected chi connectivity index (χ1v) is 6.18. The number of carbonyl (C=O) groups is 1. The Labute approximate surface area is 102 Å². The van der Waals surface area contributed by atoms with E-state index in [0.29, 0.717) is 5.56 Å². The largest absolute Gasteiger partial charge is 0.508 e. The summed E-state index contributed by atoms with van der Waals surface area (Å²) in [7, 11) is 0. The minimum Gasteiger partial charge on any atom is -0.508 e. The second-order valence-corrected chi connectivity index (χ2v) is 4.94. The van der Waals surface area contributed by atoms with E-state index in [1.54, 1.807) is 25.1 Å². The highest BCUT2D eigenvalue weighted by Gasteiger charge is 2.36. The normalized spacial score (nSPS) is 17.3. The lowest BCUT2D eigenvalue weighted by molar-refractivity contribution is 0.0820. The number of phenolic OH excluding ortho intramolecular Hbond substituents is 1. The molecule has 0 aliphatic heterocycles. The van der Waals surface area contributed by atoms with Crippen molar-refractivity contribution < 1.29 is 9.90 Å². The van der Waals surface area contributed by atoms with E-state index < -0.39 is 0 Å². The summed E-state index contributed by atoms with van der Waals surface area (Å²) in [5.74, 6) is 0.199. The van der Waals surface area contributed by atoms with Gasteiger partial charge in [-0.15, -0.1) is 0 Å². The van der Waals surface area contributed by atoms with Crippen LogP contribution in [0.25, 0.3) is 0 Å². The fourth-order valence-corrected chi connectivity index (χ4v) is 2.28. The second-order valence-electron chi connectivity index (χ2n) is 4.94. The number of carbonyl (C=O) groups excluding carboxylic acids is 1. The van der Waals surface area contributed by atoms with Crippen molar-refractivity contribution in [3.63, 3.8) is 0 Å². The average Bonchev–Trinajstić information content (AvgIpc) is 2.27. The first-order valence-electron chi connectivity index (χ1n) is 6.18. The van der Waals surface area contributed by atoms with Gasteiger partial charge < -0.3 is 10.4 Å². The molecule has 0 atom stereocenters. The molecule has 1 fully saturated rings. The van der Waals surface area contributed by atoms with Gasteiger partial charge in [0.25, 0.3) is 5.91 Å². The van der Waals surface area contributed by atoms with Crippen LogP contribution < -0.4 is 5.32 Å². The summed E-state index contributed by atoms with van der Waals surface area (Å²) < 4.78 is 0. The van der Waals surface area contributed by atoms with Crippen molar-refractivity contribution in [2.24, 2.45) is 0 Å². The number of hydrogen-bond acceptors (Lipinski definition) is 2. The zero-order chi connectivity index (χ0) is 12.5. The first-order chi connectivity index (χ1) is 8.06. The molecular formula is C14H19NO2. The monoisotopic (exact) mass is 233 g/mol. The number of aromatic hydroxyl groups is 1. The van der Waals surface area contributed by atoms with Gasteiger partial charge in [-0.25, -0.2) is 0 Å². The van der Waals surface area contributed by atoms with E-state index in [4.69, 9.17) is 0 Å². The van der Waals surface area contributed by atoms with Crippen LogP contribution >= 0.6 is 0 Å². The Morgan fingerprint density at radius 3 is 2.65 bits per heavy atom. The van der Waals surface area contributed by atoms with Gasteiger partial charge in [0.1, 0.15) is 5.75 Å². The summed E-state index contributed by atoms with van der Waals surface area (Å²) in [5, 5.41) is 12.6. The number of nitrogens with one attached hydrogen (secondary N) is 1. The third-order valence-corrected chi connectivity index (χ3v) is 3.83. The molecule has 1 aliphatic carbocycles. The van der Waals surface area contributed by atoms with Crippen LogP contribution in [-0.2, 0) is 0 Å². The second kappa shape index (κ2) is 4.40. The van der Waals surface area contributed by atoms with Crippen molar-refractivity contribution in [3.05, 3.63) is 29.3 Å². The van der Waals surface area contributed by atoms with Crippen molar-refractivity contribution in [2.75, 3.05) is 0 Å². The van der Waals surface area contributed by atoms with Crippen molar-refractivity contribution >= 4 is 5.91 Å². The fourth-order valence-electron chi connectivity index (χ4n) is 2.28. The predicted octanol–water partition coefficient (Wildman–Crippen LogP) is 2.76. The summed E-state index contributed by atoms with van der Waals surface area (Å²) >= 11 is 0. The summed E-state index contributed by atoms with van der Waals surface area (Å²) in [6.45, 7) is 3.91. The first kappa shape index (κ1) is 12.0. The maximum atomic E-state index is 12.1. The summed E-state index contributed by atoms with van der Waals surface area (Å²) in [6, 6.07) is 4.97. The molecule has 1 saturated carbocycles. The van der Waals surface area contributed by atoms with Gasteiger partial charge in [-0.2, -0.15) is 0 Å². The lowest BCUT2D eigenvalue weighted by Crippen LogP contribution is -2.52. The van der Waals surface area contributed by atoms with Crippen LogP contribution in [0.3, 0.4) is 0 Å². The number of aryl methyl sites for hydroxylation is 1. The van der Waals surface area contributed by atoms with Crippen molar-refractivity contribution in [1.82, 2.24) is 5.32 Å². The van der Waals surface area contributed by atoms with E-state index in [2.05, 4.69) is 12.2 Å². The molecule has 0 heterocycles. The van der Waals surface area contributed by atoms with Crippen molar-refractivity contribution in [2.45, 2.75) is 45.1 Å². The Hall–Kier alpha value is -1.51. The third kappa shape index (κ3) is 2.28. The number of rotatable bonds is 3. The molecular weight excluding hydrogens is 214 g/mol. The zero-order valence-corrected chi connectivity index (χ0v) is 10.4. The SMILES string of the molecule is CCC1(NC(=O)c2ccc(O)c(C)c2)CCC1. The molecule has 3 nitrogen and oxygen atoms in total. The van der Waals surface area contributed by atoms with Crippen LogP contribution in [0.15, 0.2) is 18.2 Å². The molecule has 1 amide bonds. The number of amides is 1. The van der Waals surface area contributed by atoms with Crippen molar-refractivity contribution in [1.29, 1.82) is 0 Å². The molecule has 0 bridgehead atoms. The van der Waals surface area contributed by atoms with Crippen LogP contribution in [0.2, 0.25) is 0 Å². The van der Waals surface area contributed by atoms with Gasteiger partial charge >= 0.3 is 0 Å². The molecule has 3 heteroatoms. The average molecular weight is 233 g/mol. The molecule has 0 spiro atoms. The summed E-state index contributed by atoms with van der Waals surface area (Å²) in [6.07, 6.45) is 4.33. The molecule has 2 rings (SSSR count). The maximum Gasteiger partial charge on any atom is 0.251 e. The summed E-state index contributed by atoms with van der Waals surface area (Å²) in [4.78, 5) is 12.1. The number of benzene rings is 1. The smallest absolute Gasteiger partial charge is 0.251 e. The third-order valence-electron chi connectivity index (χ3n) is 3.83. The highest BCUT2D eigenvalue weighted by molar-refractivity contribution is 5.95. The Bertz CT molecular complexity index is 430. The molecule has 17 heavy (non-hydrogen) atoms. The van der Waals surface area contributed by atoms with Gasteiger partial charge in [-0.1, -0.05) is 6.92 Å². The Morgan fingerprint density at radius 1 is 1.47 bits per heavy atom. The number of phenols is 1. The molecule has 0 saturated heterocycles. The molecule has 0 radical (unpaired) electrons. The van der Waals surface area contributed by atoms with Gasteiger partial charge in [0.2, 0.25) is 0 Å². The van der Waals surface area contributed by atoms with E-state index in [-0.39, 0.29) is 17.2 Å². The number of hydrogen-bond donors (Lipinski definition) is 2. The van der Waals surface area contributed by atoms with Crippen LogP contribution in [0.4, 0.5) is 0 Å². The van der Waals surface area contributed by atoms with E-state index >= 15 is 0 Å². The Balaban J connectivity index is 2.11. The van der Waals surface area contributed by atoms with Gasteiger partial charge in [-0.05, 0) is 56.4 Å².